The highest BCUT2D eigenvalue weighted by molar-refractivity contribution is 5.45. The van der Waals surface area contributed by atoms with Gasteiger partial charge >= 0.3 is 0 Å². The molecule has 5 heterocycles. The highest BCUT2D eigenvalue weighted by atomic mass is 16.5. The van der Waals surface area contributed by atoms with Crippen LogP contribution in [0.1, 0.15) is 22.6 Å². The SMILES string of the molecule is COc1ccc(Cc2nc(Cc3ccn4ccnc4c3)cc(N3CCOCC3)n2)cn1. The van der Waals surface area contributed by atoms with Gasteiger partial charge in [0.2, 0.25) is 5.88 Å². The zero-order valence-electron chi connectivity index (χ0n) is 17.4. The lowest BCUT2D eigenvalue weighted by Crippen LogP contribution is -2.37. The molecule has 0 unspecified atom stereocenters. The van der Waals surface area contributed by atoms with Crippen LogP contribution in [0.4, 0.5) is 5.82 Å². The largest absolute Gasteiger partial charge is 0.481 e. The minimum Gasteiger partial charge on any atom is -0.481 e. The molecule has 0 radical (unpaired) electrons. The number of aromatic nitrogens is 5. The Morgan fingerprint density at radius 3 is 2.68 bits per heavy atom. The first-order chi connectivity index (χ1) is 15.3. The van der Waals surface area contributed by atoms with Crippen LogP contribution in [0.2, 0.25) is 0 Å². The van der Waals surface area contributed by atoms with Crippen LogP contribution in [-0.4, -0.2) is 57.7 Å². The molecule has 0 aliphatic carbocycles. The molecule has 0 saturated carbocycles. The van der Waals surface area contributed by atoms with Crippen LogP contribution >= 0.6 is 0 Å². The fourth-order valence-electron chi connectivity index (χ4n) is 3.75. The molecule has 1 aliphatic rings. The number of fused-ring (bicyclic) bond motifs is 1. The van der Waals surface area contributed by atoms with Gasteiger partial charge in [0.05, 0.1) is 26.0 Å². The van der Waals surface area contributed by atoms with Crippen molar-refractivity contribution in [3.05, 3.63) is 77.8 Å². The number of morpholine rings is 1. The second-order valence-electron chi connectivity index (χ2n) is 7.52. The third-order valence-corrected chi connectivity index (χ3v) is 5.36. The van der Waals surface area contributed by atoms with Crippen molar-refractivity contribution in [1.29, 1.82) is 0 Å². The lowest BCUT2D eigenvalue weighted by molar-refractivity contribution is 0.122. The molecule has 0 N–H and O–H groups in total. The number of rotatable bonds is 6. The maximum atomic E-state index is 5.51. The zero-order chi connectivity index (χ0) is 21.0. The number of ether oxygens (including phenoxy) is 2. The molecule has 0 aromatic carbocycles. The van der Waals surface area contributed by atoms with E-state index in [2.05, 4.69) is 33.1 Å². The van der Waals surface area contributed by atoms with E-state index in [1.165, 1.54) is 5.56 Å². The molecule has 1 fully saturated rings. The Balaban J connectivity index is 1.45. The fraction of sp³-hybridized carbons (Fsp3) is 0.304. The zero-order valence-corrected chi connectivity index (χ0v) is 17.4. The van der Waals surface area contributed by atoms with Gasteiger partial charge < -0.3 is 18.8 Å². The van der Waals surface area contributed by atoms with Crippen LogP contribution in [0, 0.1) is 0 Å². The second kappa shape index (κ2) is 8.69. The van der Waals surface area contributed by atoms with Crippen molar-refractivity contribution in [1.82, 2.24) is 24.3 Å². The number of pyridine rings is 2. The van der Waals surface area contributed by atoms with Crippen LogP contribution in [0.5, 0.6) is 5.88 Å². The average Bonchev–Trinajstić information content (AvgIpc) is 3.28. The molecule has 4 aromatic heterocycles. The summed E-state index contributed by atoms with van der Waals surface area (Å²) in [6, 6.07) is 10.2. The molecular weight excluding hydrogens is 392 g/mol. The normalized spacial score (nSPS) is 14.2. The van der Waals surface area contributed by atoms with Gasteiger partial charge in [-0.2, -0.15) is 0 Å². The number of hydrogen-bond donors (Lipinski definition) is 0. The third kappa shape index (κ3) is 4.49. The summed E-state index contributed by atoms with van der Waals surface area (Å²) in [5, 5.41) is 0. The predicted octanol–water partition coefficient (Wildman–Crippen LogP) is 2.55. The third-order valence-electron chi connectivity index (χ3n) is 5.36. The number of nitrogens with zero attached hydrogens (tertiary/aromatic N) is 6. The van der Waals surface area contributed by atoms with Crippen LogP contribution < -0.4 is 9.64 Å². The van der Waals surface area contributed by atoms with Gasteiger partial charge in [-0.15, -0.1) is 0 Å². The van der Waals surface area contributed by atoms with E-state index < -0.39 is 0 Å². The summed E-state index contributed by atoms with van der Waals surface area (Å²) in [6.07, 6.45) is 8.93. The molecule has 0 spiro atoms. The highest BCUT2D eigenvalue weighted by Crippen LogP contribution is 2.19. The monoisotopic (exact) mass is 416 g/mol. The van der Waals surface area contributed by atoms with Crippen molar-refractivity contribution in [3.8, 4) is 5.88 Å². The summed E-state index contributed by atoms with van der Waals surface area (Å²) in [5.74, 6) is 2.33. The molecular formula is C23H24N6O2. The van der Waals surface area contributed by atoms with Gasteiger partial charge in [-0.05, 0) is 23.3 Å². The van der Waals surface area contributed by atoms with Crippen molar-refractivity contribution < 1.29 is 9.47 Å². The van der Waals surface area contributed by atoms with E-state index in [9.17, 15) is 0 Å². The summed E-state index contributed by atoms with van der Waals surface area (Å²) in [7, 11) is 1.62. The van der Waals surface area contributed by atoms with Gasteiger partial charge in [-0.25, -0.2) is 19.9 Å². The van der Waals surface area contributed by atoms with Crippen LogP contribution in [0.3, 0.4) is 0 Å². The summed E-state index contributed by atoms with van der Waals surface area (Å²) in [6.45, 7) is 3.10. The molecule has 31 heavy (non-hydrogen) atoms. The summed E-state index contributed by atoms with van der Waals surface area (Å²) in [4.78, 5) is 20.7. The quantitative estimate of drug-likeness (QED) is 0.478. The van der Waals surface area contributed by atoms with E-state index >= 15 is 0 Å². The minimum absolute atomic E-state index is 0.599. The molecule has 0 atom stereocenters. The first kappa shape index (κ1) is 19.4. The van der Waals surface area contributed by atoms with Crippen LogP contribution in [-0.2, 0) is 17.6 Å². The van der Waals surface area contributed by atoms with Gasteiger partial charge in [0, 0.05) is 62.9 Å². The highest BCUT2D eigenvalue weighted by Gasteiger charge is 2.16. The molecule has 8 nitrogen and oxygen atoms in total. The van der Waals surface area contributed by atoms with Crippen molar-refractivity contribution >= 4 is 11.5 Å². The Hall–Kier alpha value is -3.52. The second-order valence-corrected chi connectivity index (χ2v) is 7.52. The van der Waals surface area contributed by atoms with Gasteiger partial charge in [0.15, 0.2) is 0 Å². The molecule has 5 rings (SSSR count). The van der Waals surface area contributed by atoms with Crippen molar-refractivity contribution in [2.24, 2.45) is 0 Å². The molecule has 0 bridgehead atoms. The first-order valence-electron chi connectivity index (χ1n) is 10.4. The molecule has 8 heteroatoms. The summed E-state index contributed by atoms with van der Waals surface area (Å²) >= 11 is 0. The van der Waals surface area contributed by atoms with E-state index in [-0.39, 0.29) is 0 Å². The van der Waals surface area contributed by atoms with Crippen molar-refractivity contribution in [3.63, 3.8) is 0 Å². The molecule has 4 aromatic rings. The number of imidazole rings is 1. The number of methoxy groups -OCH3 is 1. The topological polar surface area (TPSA) is 77.7 Å². The Morgan fingerprint density at radius 1 is 0.968 bits per heavy atom. The maximum Gasteiger partial charge on any atom is 0.212 e. The molecule has 1 saturated heterocycles. The van der Waals surface area contributed by atoms with E-state index in [4.69, 9.17) is 19.4 Å². The van der Waals surface area contributed by atoms with E-state index in [0.29, 0.717) is 25.5 Å². The number of hydrogen-bond acceptors (Lipinski definition) is 7. The summed E-state index contributed by atoms with van der Waals surface area (Å²) in [5.41, 5.74) is 4.14. The minimum atomic E-state index is 0.599. The van der Waals surface area contributed by atoms with E-state index in [1.54, 1.807) is 13.3 Å². The Morgan fingerprint density at radius 2 is 1.87 bits per heavy atom. The maximum absolute atomic E-state index is 5.51. The Bertz CT molecular complexity index is 1170. The lowest BCUT2D eigenvalue weighted by Gasteiger charge is -2.28. The molecule has 1 aliphatic heterocycles. The standard InChI is InChI=1S/C23H24N6O2/c1-30-23-3-2-18(16-25-23)13-20-26-19(15-22(27-20)29-8-10-31-11-9-29)12-17-4-6-28-7-5-24-21(28)14-17/h2-7,14-16H,8-13H2,1H3. The van der Waals surface area contributed by atoms with Gasteiger partial charge in [0.1, 0.15) is 17.3 Å². The smallest absolute Gasteiger partial charge is 0.212 e. The first-order valence-corrected chi connectivity index (χ1v) is 10.4. The van der Waals surface area contributed by atoms with Crippen LogP contribution in [0.25, 0.3) is 5.65 Å². The van der Waals surface area contributed by atoms with E-state index in [1.807, 2.05) is 35.1 Å². The Kier molecular flexibility index (Phi) is 5.45. The number of anilines is 1. The van der Waals surface area contributed by atoms with Crippen LogP contribution in [0.15, 0.2) is 55.1 Å². The summed E-state index contributed by atoms with van der Waals surface area (Å²) < 4.78 is 12.7. The van der Waals surface area contributed by atoms with Gasteiger partial charge in [-0.1, -0.05) is 6.07 Å². The molecule has 0 amide bonds. The van der Waals surface area contributed by atoms with Crippen molar-refractivity contribution in [2.75, 3.05) is 38.3 Å². The van der Waals surface area contributed by atoms with E-state index in [0.717, 1.165) is 48.1 Å². The Labute approximate surface area is 180 Å². The fourth-order valence-corrected chi connectivity index (χ4v) is 3.75. The van der Waals surface area contributed by atoms with Gasteiger partial charge in [0.25, 0.3) is 0 Å². The van der Waals surface area contributed by atoms with Crippen molar-refractivity contribution in [2.45, 2.75) is 12.8 Å². The molecule has 158 valence electrons. The van der Waals surface area contributed by atoms with Gasteiger partial charge in [-0.3, -0.25) is 0 Å². The predicted molar refractivity (Wildman–Crippen MR) is 117 cm³/mol. The lowest BCUT2D eigenvalue weighted by atomic mass is 10.1. The average molecular weight is 416 g/mol.